The van der Waals surface area contributed by atoms with Crippen LogP contribution in [-0.4, -0.2) is 10.9 Å². The second-order valence-electron chi connectivity index (χ2n) is 7.52. The van der Waals surface area contributed by atoms with Crippen LogP contribution in [0.25, 0.3) is 0 Å². The highest BCUT2D eigenvalue weighted by Crippen LogP contribution is 2.41. The van der Waals surface area contributed by atoms with Crippen molar-refractivity contribution < 1.29 is 9.90 Å². The Morgan fingerprint density at radius 3 is 2.16 bits per heavy atom. The van der Waals surface area contributed by atoms with Gasteiger partial charge in [-0.25, -0.2) is 0 Å². The van der Waals surface area contributed by atoms with E-state index in [4.69, 9.17) is 0 Å². The molecule has 1 fully saturated rings. The topological polar surface area (TPSA) is 37.3 Å². The van der Waals surface area contributed by atoms with Gasteiger partial charge in [0.25, 0.3) is 0 Å². The van der Waals surface area contributed by atoms with Crippen LogP contribution in [0.15, 0.2) is 11.3 Å². The van der Waals surface area contributed by atoms with E-state index < -0.39 is 0 Å². The van der Waals surface area contributed by atoms with Gasteiger partial charge >= 0.3 is 0 Å². The molecule has 0 spiro atoms. The van der Waals surface area contributed by atoms with Gasteiger partial charge in [-0.1, -0.05) is 34.6 Å². The molecular formula is C17H30O2. The third-order valence-corrected chi connectivity index (χ3v) is 4.95. The van der Waals surface area contributed by atoms with Crippen LogP contribution in [-0.2, 0) is 4.79 Å². The zero-order valence-corrected chi connectivity index (χ0v) is 13.5. The Morgan fingerprint density at radius 1 is 1.26 bits per heavy atom. The van der Waals surface area contributed by atoms with Crippen molar-refractivity contribution in [1.82, 2.24) is 0 Å². The number of hydrogen-bond donors (Lipinski definition) is 1. The van der Waals surface area contributed by atoms with Crippen molar-refractivity contribution in [1.29, 1.82) is 0 Å². The molecule has 1 aliphatic rings. The van der Waals surface area contributed by atoms with E-state index in [0.717, 1.165) is 32.1 Å². The first-order chi connectivity index (χ1) is 8.60. The number of allylic oxidation sites excluding steroid dienone is 2. The lowest BCUT2D eigenvalue weighted by molar-refractivity contribution is -0.123. The lowest BCUT2D eigenvalue weighted by atomic mass is 9.71. The summed E-state index contributed by atoms with van der Waals surface area (Å²) in [4.78, 5) is 12.4. The smallest absolute Gasteiger partial charge is 0.167 e. The molecule has 19 heavy (non-hydrogen) atoms. The number of aliphatic hydroxyl groups is 1. The minimum absolute atomic E-state index is 0.0948. The number of ketones is 1. The highest BCUT2D eigenvalue weighted by Gasteiger charge is 2.33. The molecule has 1 saturated carbocycles. The first kappa shape index (κ1) is 16.3. The molecule has 1 rings (SSSR count). The average molecular weight is 266 g/mol. The molecule has 0 aliphatic heterocycles. The van der Waals surface area contributed by atoms with E-state index in [1.54, 1.807) is 6.92 Å². The van der Waals surface area contributed by atoms with Crippen LogP contribution < -0.4 is 0 Å². The van der Waals surface area contributed by atoms with Gasteiger partial charge in [0.15, 0.2) is 5.78 Å². The second kappa shape index (κ2) is 5.68. The summed E-state index contributed by atoms with van der Waals surface area (Å²) in [6.45, 7) is 12.3. The van der Waals surface area contributed by atoms with E-state index >= 15 is 0 Å². The number of rotatable bonds is 4. The zero-order valence-electron chi connectivity index (χ0n) is 13.5. The van der Waals surface area contributed by atoms with Crippen molar-refractivity contribution in [3.05, 3.63) is 11.3 Å². The quantitative estimate of drug-likeness (QED) is 0.571. The van der Waals surface area contributed by atoms with E-state index in [1.807, 2.05) is 20.8 Å². The van der Waals surface area contributed by atoms with Gasteiger partial charge in [-0.05, 0) is 44.4 Å². The Balaban J connectivity index is 2.83. The van der Waals surface area contributed by atoms with Crippen LogP contribution in [0, 0.1) is 16.7 Å². The van der Waals surface area contributed by atoms with Crippen LogP contribution >= 0.6 is 0 Å². The van der Waals surface area contributed by atoms with E-state index in [1.165, 1.54) is 0 Å². The predicted octanol–water partition coefficient (Wildman–Crippen LogP) is 5.04. The minimum Gasteiger partial charge on any atom is -0.512 e. The van der Waals surface area contributed by atoms with Gasteiger partial charge in [-0.3, -0.25) is 4.79 Å². The lowest BCUT2D eigenvalue weighted by Gasteiger charge is -2.34. The van der Waals surface area contributed by atoms with Gasteiger partial charge in [0.1, 0.15) is 5.76 Å². The van der Waals surface area contributed by atoms with E-state index in [-0.39, 0.29) is 17.1 Å². The van der Waals surface area contributed by atoms with E-state index in [9.17, 15) is 9.90 Å². The molecule has 0 saturated heterocycles. The molecule has 2 heteroatoms. The van der Waals surface area contributed by atoms with Crippen LogP contribution in [0.4, 0.5) is 0 Å². The molecule has 0 aromatic rings. The van der Waals surface area contributed by atoms with Gasteiger partial charge < -0.3 is 5.11 Å². The fourth-order valence-electron chi connectivity index (χ4n) is 2.76. The highest BCUT2D eigenvalue weighted by molar-refractivity contribution is 5.99. The lowest BCUT2D eigenvalue weighted by Crippen LogP contribution is -2.27. The first-order valence-electron chi connectivity index (χ1n) is 7.55. The maximum atomic E-state index is 12.4. The molecular weight excluding hydrogens is 236 g/mol. The molecule has 1 N–H and O–H groups in total. The molecule has 0 aromatic carbocycles. The largest absolute Gasteiger partial charge is 0.512 e. The fourth-order valence-corrected chi connectivity index (χ4v) is 2.76. The maximum absolute atomic E-state index is 12.4. The van der Waals surface area contributed by atoms with Crippen LogP contribution in [0.5, 0.6) is 0 Å². The fraction of sp³-hybridized carbons (Fsp3) is 0.824. The minimum atomic E-state index is -0.369. The van der Waals surface area contributed by atoms with Crippen molar-refractivity contribution in [2.24, 2.45) is 16.7 Å². The molecule has 0 aromatic heterocycles. The summed E-state index contributed by atoms with van der Waals surface area (Å²) >= 11 is 0. The van der Waals surface area contributed by atoms with Gasteiger partial charge in [-0.2, -0.15) is 0 Å². The van der Waals surface area contributed by atoms with Crippen LogP contribution in [0.3, 0.4) is 0 Å². The third-order valence-electron chi connectivity index (χ3n) is 4.95. The molecule has 0 amide bonds. The van der Waals surface area contributed by atoms with E-state index in [0.29, 0.717) is 16.7 Å². The first-order valence-corrected chi connectivity index (χ1v) is 7.55. The summed E-state index contributed by atoms with van der Waals surface area (Å²) < 4.78 is 0. The van der Waals surface area contributed by atoms with Gasteiger partial charge in [0, 0.05) is 16.9 Å². The maximum Gasteiger partial charge on any atom is 0.167 e. The Morgan fingerprint density at radius 2 is 1.74 bits per heavy atom. The number of carbonyl (C=O) groups excluding carboxylic acids is 1. The molecule has 0 unspecified atom stereocenters. The number of aliphatic hydroxyl groups excluding tert-OH is 1. The van der Waals surface area contributed by atoms with Crippen molar-refractivity contribution in [3.8, 4) is 0 Å². The van der Waals surface area contributed by atoms with E-state index in [2.05, 4.69) is 13.8 Å². The molecule has 2 nitrogen and oxygen atoms in total. The summed E-state index contributed by atoms with van der Waals surface area (Å²) in [6.07, 6.45) is 5.04. The zero-order chi connectivity index (χ0) is 14.8. The summed E-state index contributed by atoms with van der Waals surface area (Å²) in [5, 5.41) is 10.4. The van der Waals surface area contributed by atoms with Crippen molar-refractivity contribution >= 4 is 5.78 Å². The summed E-state index contributed by atoms with van der Waals surface area (Å²) in [5.74, 6) is 0.629. The Bertz CT molecular complexity index is 365. The van der Waals surface area contributed by atoms with Gasteiger partial charge in [0.2, 0.25) is 0 Å². The Kier molecular flexibility index (Phi) is 4.86. The summed E-state index contributed by atoms with van der Waals surface area (Å²) in [6, 6.07) is 0. The normalized spacial score (nSPS) is 22.0. The molecule has 110 valence electrons. The monoisotopic (exact) mass is 266 g/mol. The Hall–Kier alpha value is -0.790. The SMILES string of the molecule is CCC(C)(C)C(=O)/C(C)=C(\O)C1CCC(C)(C)CC1. The number of carbonyl (C=O) groups is 1. The molecule has 0 radical (unpaired) electrons. The van der Waals surface area contributed by atoms with Crippen LogP contribution in [0.1, 0.15) is 73.6 Å². The average Bonchev–Trinajstić information content (AvgIpc) is 2.36. The number of hydrogen-bond acceptors (Lipinski definition) is 2. The highest BCUT2D eigenvalue weighted by atomic mass is 16.3. The summed E-state index contributed by atoms with van der Waals surface area (Å²) in [5.41, 5.74) is 0.597. The standard InChI is InChI=1S/C17H30O2/c1-7-17(5,6)15(19)12(2)14(18)13-8-10-16(3,4)11-9-13/h13,18H,7-11H2,1-6H3/b14-12-. The summed E-state index contributed by atoms with van der Waals surface area (Å²) in [7, 11) is 0. The second-order valence-corrected chi connectivity index (χ2v) is 7.52. The molecule has 1 aliphatic carbocycles. The number of Topliss-reactive ketones (excluding diaryl/α,β-unsaturated/α-hetero) is 1. The van der Waals surface area contributed by atoms with Crippen molar-refractivity contribution in [2.75, 3.05) is 0 Å². The molecule has 0 heterocycles. The molecule has 0 atom stereocenters. The van der Waals surface area contributed by atoms with Gasteiger partial charge in [-0.15, -0.1) is 0 Å². The third kappa shape index (κ3) is 3.84. The Labute approximate surface area is 118 Å². The van der Waals surface area contributed by atoms with Crippen molar-refractivity contribution in [3.63, 3.8) is 0 Å². The van der Waals surface area contributed by atoms with Gasteiger partial charge in [0.05, 0.1) is 0 Å². The molecule has 0 bridgehead atoms. The van der Waals surface area contributed by atoms with Crippen LogP contribution in [0.2, 0.25) is 0 Å². The predicted molar refractivity (Wildman–Crippen MR) is 80.1 cm³/mol. The van der Waals surface area contributed by atoms with Crippen molar-refractivity contribution in [2.45, 2.75) is 73.6 Å².